The molecule has 1 aromatic heterocycles. The number of carbonyl (C=O) groups excluding carboxylic acids is 1. The van der Waals surface area contributed by atoms with Crippen LogP contribution in [0.4, 0.5) is 0 Å². The summed E-state index contributed by atoms with van der Waals surface area (Å²) < 4.78 is 1.77. The Labute approximate surface area is 143 Å². The van der Waals surface area contributed by atoms with Crippen LogP contribution in [0.1, 0.15) is 11.1 Å². The van der Waals surface area contributed by atoms with Crippen LogP contribution >= 0.6 is 12.2 Å². The number of aromatic nitrogens is 1. The number of amides is 1. The standard InChI is InChI=1S/C18H13N3O2S/c22-16-15(19-18(24)20-16)14-12-8-4-5-9-13(12)21(17(14)23)10-11-6-2-1-3-7-11/h1-9,23H,10H2,(H,20,22,24). The first kappa shape index (κ1) is 14.6. The molecular formula is C18H13N3O2S. The molecule has 2 aromatic carbocycles. The monoisotopic (exact) mass is 335 g/mol. The van der Waals surface area contributed by atoms with E-state index >= 15 is 0 Å². The highest BCUT2D eigenvalue weighted by atomic mass is 32.1. The molecule has 1 aliphatic rings. The molecule has 0 saturated carbocycles. The average Bonchev–Trinajstić information content (AvgIpc) is 3.05. The van der Waals surface area contributed by atoms with Gasteiger partial charge in [-0.1, -0.05) is 48.5 Å². The number of nitrogens with one attached hydrogen (secondary N) is 1. The van der Waals surface area contributed by atoms with Gasteiger partial charge in [-0.3, -0.25) is 10.1 Å². The Hall–Kier alpha value is -2.99. The number of aliphatic imine (C=N–C) groups is 1. The van der Waals surface area contributed by atoms with Crippen LogP contribution in [0, 0.1) is 0 Å². The van der Waals surface area contributed by atoms with Gasteiger partial charge in [-0.25, -0.2) is 4.99 Å². The molecule has 0 saturated heterocycles. The molecule has 1 amide bonds. The summed E-state index contributed by atoms with van der Waals surface area (Å²) in [5.74, 6) is -0.378. The van der Waals surface area contributed by atoms with Crippen molar-refractivity contribution in [3.8, 4) is 5.88 Å². The van der Waals surface area contributed by atoms with Gasteiger partial charge in [0, 0.05) is 5.39 Å². The Kier molecular flexibility index (Phi) is 3.39. The van der Waals surface area contributed by atoms with E-state index in [1.165, 1.54) is 0 Å². The molecule has 118 valence electrons. The van der Waals surface area contributed by atoms with Gasteiger partial charge in [0.1, 0.15) is 5.71 Å². The number of hydrogen-bond acceptors (Lipinski definition) is 3. The minimum Gasteiger partial charge on any atom is -0.494 e. The predicted octanol–water partition coefficient (Wildman–Crippen LogP) is 2.60. The van der Waals surface area contributed by atoms with E-state index in [-0.39, 0.29) is 16.7 Å². The molecule has 1 aliphatic heterocycles. The fraction of sp³-hybridized carbons (Fsp3) is 0.0556. The number of aromatic hydroxyl groups is 1. The van der Waals surface area contributed by atoms with E-state index < -0.39 is 5.91 Å². The molecule has 4 rings (SSSR count). The van der Waals surface area contributed by atoms with E-state index in [1.807, 2.05) is 54.6 Å². The van der Waals surface area contributed by atoms with Gasteiger partial charge in [0.05, 0.1) is 17.6 Å². The van der Waals surface area contributed by atoms with Gasteiger partial charge in [0.25, 0.3) is 5.91 Å². The topological polar surface area (TPSA) is 66.6 Å². The van der Waals surface area contributed by atoms with Crippen LogP contribution in [0.2, 0.25) is 0 Å². The van der Waals surface area contributed by atoms with Gasteiger partial charge < -0.3 is 9.67 Å². The number of rotatable bonds is 3. The zero-order valence-corrected chi connectivity index (χ0v) is 13.4. The average molecular weight is 335 g/mol. The number of benzene rings is 2. The minimum atomic E-state index is -0.391. The zero-order chi connectivity index (χ0) is 16.7. The fourth-order valence-corrected chi connectivity index (χ4v) is 3.14. The lowest BCUT2D eigenvalue weighted by Crippen LogP contribution is -2.25. The van der Waals surface area contributed by atoms with E-state index in [4.69, 9.17) is 12.2 Å². The fourth-order valence-electron chi connectivity index (χ4n) is 2.96. The van der Waals surface area contributed by atoms with Gasteiger partial charge in [-0.15, -0.1) is 0 Å². The van der Waals surface area contributed by atoms with Crippen molar-refractivity contribution in [2.45, 2.75) is 6.54 Å². The maximum atomic E-state index is 12.1. The largest absolute Gasteiger partial charge is 0.494 e. The van der Waals surface area contributed by atoms with Gasteiger partial charge in [-0.2, -0.15) is 0 Å². The van der Waals surface area contributed by atoms with Crippen molar-refractivity contribution in [3.05, 3.63) is 65.7 Å². The molecule has 0 unspecified atom stereocenters. The Bertz CT molecular complexity index is 1010. The van der Waals surface area contributed by atoms with Crippen molar-refractivity contribution < 1.29 is 9.90 Å². The second-order valence-corrected chi connectivity index (χ2v) is 5.89. The summed E-state index contributed by atoms with van der Waals surface area (Å²) >= 11 is 4.94. The Morgan fingerprint density at radius 2 is 1.79 bits per heavy atom. The number of nitrogens with zero attached hydrogens (tertiary/aromatic N) is 2. The van der Waals surface area contributed by atoms with Crippen molar-refractivity contribution in [2.75, 3.05) is 0 Å². The summed E-state index contributed by atoms with van der Waals surface area (Å²) in [7, 11) is 0. The number of fused-ring (bicyclic) bond motifs is 1. The number of para-hydroxylation sites is 1. The third kappa shape index (κ3) is 2.28. The van der Waals surface area contributed by atoms with E-state index in [1.54, 1.807) is 4.57 Å². The smallest absolute Gasteiger partial charge is 0.277 e. The minimum absolute atomic E-state index is 0.0126. The van der Waals surface area contributed by atoms with Crippen LogP contribution in [0.5, 0.6) is 5.88 Å². The van der Waals surface area contributed by atoms with E-state index in [9.17, 15) is 9.90 Å². The van der Waals surface area contributed by atoms with Crippen molar-refractivity contribution >= 4 is 39.9 Å². The van der Waals surface area contributed by atoms with Crippen LogP contribution in [0.3, 0.4) is 0 Å². The first-order valence-electron chi connectivity index (χ1n) is 7.43. The SMILES string of the molecule is O=C1NC(=S)N=C1c1c(O)n(Cc2ccccc2)c2ccccc12. The van der Waals surface area contributed by atoms with Crippen LogP contribution in [0.15, 0.2) is 59.6 Å². The normalized spacial score (nSPS) is 14.1. The summed E-state index contributed by atoms with van der Waals surface area (Å²) in [5.41, 5.74) is 2.45. The summed E-state index contributed by atoms with van der Waals surface area (Å²) in [6, 6.07) is 17.4. The highest BCUT2D eigenvalue weighted by Gasteiger charge is 2.29. The van der Waals surface area contributed by atoms with Gasteiger partial charge >= 0.3 is 0 Å². The highest BCUT2D eigenvalue weighted by Crippen LogP contribution is 2.33. The second kappa shape index (κ2) is 5.58. The van der Waals surface area contributed by atoms with Crippen molar-refractivity contribution in [1.82, 2.24) is 9.88 Å². The summed E-state index contributed by atoms with van der Waals surface area (Å²) in [6.07, 6.45) is 0. The highest BCUT2D eigenvalue weighted by molar-refractivity contribution is 7.80. The van der Waals surface area contributed by atoms with E-state index in [0.29, 0.717) is 12.1 Å². The van der Waals surface area contributed by atoms with Crippen LogP contribution in [-0.4, -0.2) is 26.4 Å². The molecule has 2 heterocycles. The molecule has 24 heavy (non-hydrogen) atoms. The molecule has 0 aliphatic carbocycles. The number of hydrogen-bond donors (Lipinski definition) is 2. The van der Waals surface area contributed by atoms with Crippen molar-refractivity contribution in [2.24, 2.45) is 4.99 Å². The van der Waals surface area contributed by atoms with E-state index in [2.05, 4.69) is 10.3 Å². The number of thiocarbonyl (C=S) groups is 1. The van der Waals surface area contributed by atoms with Gasteiger partial charge in [0.2, 0.25) is 11.0 Å². The van der Waals surface area contributed by atoms with Crippen LogP contribution in [0.25, 0.3) is 10.9 Å². The Balaban J connectivity index is 1.93. The second-order valence-electron chi connectivity index (χ2n) is 5.51. The van der Waals surface area contributed by atoms with E-state index in [0.717, 1.165) is 16.5 Å². The third-order valence-electron chi connectivity index (χ3n) is 4.01. The molecule has 0 fully saturated rings. The molecule has 0 atom stereocenters. The molecule has 0 bridgehead atoms. The van der Waals surface area contributed by atoms with Gasteiger partial charge in [0.15, 0.2) is 0 Å². The lowest BCUT2D eigenvalue weighted by atomic mass is 10.1. The lowest BCUT2D eigenvalue weighted by Gasteiger charge is -2.07. The maximum Gasteiger partial charge on any atom is 0.277 e. The van der Waals surface area contributed by atoms with Crippen LogP contribution < -0.4 is 5.32 Å². The zero-order valence-electron chi connectivity index (χ0n) is 12.6. The molecular weight excluding hydrogens is 322 g/mol. The lowest BCUT2D eigenvalue weighted by molar-refractivity contribution is -0.113. The molecule has 2 N–H and O–H groups in total. The Morgan fingerprint density at radius 3 is 2.50 bits per heavy atom. The molecule has 3 aromatic rings. The van der Waals surface area contributed by atoms with Crippen LogP contribution in [-0.2, 0) is 11.3 Å². The third-order valence-corrected chi connectivity index (χ3v) is 4.21. The molecule has 0 radical (unpaired) electrons. The first-order chi connectivity index (χ1) is 11.6. The first-order valence-corrected chi connectivity index (χ1v) is 7.84. The molecule has 0 spiro atoms. The Morgan fingerprint density at radius 1 is 1.08 bits per heavy atom. The summed E-state index contributed by atoms with van der Waals surface area (Å²) in [6.45, 7) is 0.493. The number of carbonyl (C=O) groups is 1. The summed E-state index contributed by atoms with van der Waals surface area (Å²) in [5, 5.41) is 14.2. The van der Waals surface area contributed by atoms with Gasteiger partial charge in [-0.05, 0) is 23.8 Å². The maximum absolute atomic E-state index is 12.1. The molecule has 5 nitrogen and oxygen atoms in total. The van der Waals surface area contributed by atoms with Crippen molar-refractivity contribution in [1.29, 1.82) is 0 Å². The predicted molar refractivity (Wildman–Crippen MR) is 96.4 cm³/mol. The molecule has 6 heteroatoms. The van der Waals surface area contributed by atoms with Crippen molar-refractivity contribution in [3.63, 3.8) is 0 Å². The summed E-state index contributed by atoms with van der Waals surface area (Å²) in [4.78, 5) is 16.2. The quantitative estimate of drug-likeness (QED) is 0.723.